The molecule has 0 atom stereocenters. The minimum Gasteiger partial charge on any atom is -0.384 e. The van der Waals surface area contributed by atoms with Crippen LogP contribution in [0.25, 0.3) is 16.9 Å². The number of aromatic nitrogens is 5. The molecule has 0 unspecified atom stereocenters. The number of aliphatic hydroxyl groups is 1. The van der Waals surface area contributed by atoms with Crippen molar-refractivity contribution < 1.29 is 32.0 Å². The third-order valence-corrected chi connectivity index (χ3v) is 8.06. The van der Waals surface area contributed by atoms with Crippen molar-refractivity contribution in [2.75, 3.05) is 41.3 Å². The van der Waals surface area contributed by atoms with Gasteiger partial charge in [-0.05, 0) is 38.0 Å². The Morgan fingerprint density at radius 3 is 2.59 bits per heavy atom. The molecule has 4 aromatic rings. The van der Waals surface area contributed by atoms with E-state index < -0.39 is 36.9 Å². The van der Waals surface area contributed by atoms with Crippen LogP contribution in [0.5, 0.6) is 0 Å². The molecule has 0 radical (unpaired) electrons. The number of nitrogens with one attached hydrogen (secondary N) is 1. The highest BCUT2D eigenvalue weighted by molar-refractivity contribution is 6.09. The lowest BCUT2D eigenvalue weighted by molar-refractivity contribution is -0.209. The third kappa shape index (κ3) is 4.26. The van der Waals surface area contributed by atoms with Crippen LogP contribution in [0.4, 0.5) is 35.0 Å². The molecule has 2 saturated heterocycles. The quantitative estimate of drug-likeness (QED) is 0.335. The third-order valence-electron chi connectivity index (χ3n) is 8.06. The van der Waals surface area contributed by atoms with Crippen LogP contribution in [0, 0.1) is 12.3 Å². The van der Waals surface area contributed by atoms with E-state index in [0.29, 0.717) is 41.1 Å². The summed E-state index contributed by atoms with van der Waals surface area (Å²) in [6.45, 7) is 1.81. The van der Waals surface area contributed by atoms with Gasteiger partial charge in [-0.3, -0.25) is 9.78 Å². The van der Waals surface area contributed by atoms with Crippen molar-refractivity contribution >= 4 is 28.8 Å². The predicted molar refractivity (Wildman–Crippen MR) is 137 cm³/mol. The molecule has 1 aliphatic carbocycles. The van der Waals surface area contributed by atoms with Crippen molar-refractivity contribution in [3.8, 4) is 11.4 Å². The van der Waals surface area contributed by atoms with Gasteiger partial charge in [-0.25, -0.2) is 22.1 Å². The van der Waals surface area contributed by atoms with Gasteiger partial charge in [0.2, 0.25) is 5.82 Å². The molecule has 41 heavy (non-hydrogen) atoms. The molecule has 214 valence electrons. The molecular weight excluding hydrogens is 548 g/mol. The Balaban J connectivity index is 1.07. The van der Waals surface area contributed by atoms with E-state index in [0.717, 1.165) is 5.69 Å². The summed E-state index contributed by atoms with van der Waals surface area (Å²) in [4.78, 5) is 25.1. The molecule has 1 spiro atoms. The van der Waals surface area contributed by atoms with E-state index in [9.17, 15) is 27.5 Å². The molecular formula is C26H24F4N8O3. The summed E-state index contributed by atoms with van der Waals surface area (Å²) >= 11 is 0. The minimum absolute atomic E-state index is 0.0191. The van der Waals surface area contributed by atoms with Crippen LogP contribution in [0.2, 0.25) is 0 Å². The first-order valence-electron chi connectivity index (χ1n) is 12.9. The molecule has 3 fully saturated rings. The van der Waals surface area contributed by atoms with E-state index >= 15 is 0 Å². The zero-order valence-electron chi connectivity index (χ0n) is 21.7. The normalized spacial score (nSPS) is 20.2. The first-order chi connectivity index (χ1) is 19.4. The van der Waals surface area contributed by atoms with Gasteiger partial charge in [-0.1, -0.05) is 5.16 Å². The highest BCUT2D eigenvalue weighted by atomic mass is 19.3. The maximum Gasteiger partial charge on any atom is 0.324 e. The number of aryl methyl sites for hydroxylation is 1. The van der Waals surface area contributed by atoms with Crippen LogP contribution in [0.3, 0.4) is 0 Å². The average Bonchev–Trinajstić information content (AvgIpc) is 3.52. The Hall–Kier alpha value is -4.27. The lowest BCUT2D eigenvalue weighted by Gasteiger charge is -2.62. The Morgan fingerprint density at radius 1 is 1.12 bits per heavy atom. The molecule has 0 aromatic carbocycles. The minimum atomic E-state index is -2.78. The standard InChI is InChI=1S/C26H24F4N8O3/c1-14-18(4-15(6-31-14)20-34-23(41-35-20)37-12-26(29,30)13-37)33-21(39)17-7-32-38-3-2-16(5-19(17)38)36-10-24(11-36)8-25(40,9-24)22(27)28/h2-7,22,40H,8-13H2,1H3,(H,33,39). The Labute approximate surface area is 229 Å². The van der Waals surface area contributed by atoms with Crippen molar-refractivity contribution in [1.29, 1.82) is 0 Å². The van der Waals surface area contributed by atoms with E-state index in [1.807, 2.05) is 17.0 Å². The molecule has 1 saturated carbocycles. The monoisotopic (exact) mass is 572 g/mol. The zero-order valence-corrected chi connectivity index (χ0v) is 21.7. The SMILES string of the molecule is Cc1ncc(-c2noc(N3CC(F)(F)C3)n2)cc1NC(=O)c1cnn2ccc(N3CC4(C3)CC(O)(C(F)F)C4)cc12. The van der Waals surface area contributed by atoms with Gasteiger partial charge in [-0.15, -0.1) is 0 Å². The second-order valence-electron chi connectivity index (χ2n) is 11.3. The summed E-state index contributed by atoms with van der Waals surface area (Å²) in [6.07, 6.45) is 2.05. The summed E-state index contributed by atoms with van der Waals surface area (Å²) in [6, 6.07) is 5.25. The van der Waals surface area contributed by atoms with Crippen molar-refractivity contribution in [3.05, 3.63) is 48.0 Å². The Morgan fingerprint density at radius 2 is 1.88 bits per heavy atom. The average molecular weight is 573 g/mol. The first kappa shape index (κ1) is 25.7. The van der Waals surface area contributed by atoms with Crippen LogP contribution in [-0.2, 0) is 0 Å². The number of fused-ring (bicyclic) bond motifs is 1. The zero-order chi connectivity index (χ0) is 28.7. The topological polar surface area (TPSA) is 125 Å². The molecule has 2 N–H and O–H groups in total. The lowest BCUT2D eigenvalue weighted by Crippen LogP contribution is -2.70. The fourth-order valence-electron chi connectivity index (χ4n) is 5.99. The highest BCUT2D eigenvalue weighted by Gasteiger charge is 2.63. The van der Waals surface area contributed by atoms with Gasteiger partial charge < -0.3 is 24.7 Å². The lowest BCUT2D eigenvalue weighted by atomic mass is 9.55. The summed E-state index contributed by atoms with van der Waals surface area (Å²) in [7, 11) is 0. The number of carbonyl (C=O) groups is 1. The summed E-state index contributed by atoms with van der Waals surface area (Å²) in [5.74, 6) is -3.07. The second kappa shape index (κ2) is 8.61. The summed E-state index contributed by atoms with van der Waals surface area (Å²) in [5, 5.41) is 20.9. The van der Waals surface area contributed by atoms with Gasteiger partial charge >= 0.3 is 6.01 Å². The number of hydrogen-bond acceptors (Lipinski definition) is 9. The van der Waals surface area contributed by atoms with Crippen molar-refractivity contribution in [2.24, 2.45) is 5.41 Å². The number of carbonyl (C=O) groups excluding carboxylic acids is 1. The Kier molecular flexibility index (Phi) is 5.40. The molecule has 7 rings (SSSR count). The van der Waals surface area contributed by atoms with Crippen LogP contribution in [0.1, 0.15) is 28.9 Å². The molecule has 6 heterocycles. The van der Waals surface area contributed by atoms with E-state index in [1.54, 1.807) is 23.7 Å². The first-order valence-corrected chi connectivity index (χ1v) is 12.9. The van der Waals surface area contributed by atoms with Crippen molar-refractivity contribution in [3.63, 3.8) is 0 Å². The fraction of sp³-hybridized carbons (Fsp3) is 0.423. The maximum absolute atomic E-state index is 13.3. The van der Waals surface area contributed by atoms with E-state index in [-0.39, 0.29) is 30.1 Å². The highest BCUT2D eigenvalue weighted by Crippen LogP contribution is 2.56. The molecule has 1 amide bonds. The molecule has 4 aromatic heterocycles. The number of alkyl halides is 4. The van der Waals surface area contributed by atoms with Crippen LogP contribution < -0.4 is 15.1 Å². The Bertz CT molecular complexity index is 1670. The maximum atomic E-state index is 13.3. The van der Waals surface area contributed by atoms with E-state index in [4.69, 9.17) is 4.52 Å². The van der Waals surface area contributed by atoms with Crippen molar-refractivity contribution in [2.45, 2.75) is 37.7 Å². The van der Waals surface area contributed by atoms with Crippen LogP contribution >= 0.6 is 0 Å². The molecule has 11 nitrogen and oxygen atoms in total. The van der Waals surface area contributed by atoms with E-state index in [2.05, 4.69) is 25.5 Å². The number of hydrogen-bond donors (Lipinski definition) is 2. The second-order valence-corrected chi connectivity index (χ2v) is 11.3. The molecule has 2 aliphatic heterocycles. The predicted octanol–water partition coefficient (Wildman–Crippen LogP) is 3.39. The van der Waals surface area contributed by atoms with Gasteiger partial charge in [0.25, 0.3) is 18.3 Å². The van der Waals surface area contributed by atoms with Gasteiger partial charge in [0.15, 0.2) is 0 Å². The van der Waals surface area contributed by atoms with Crippen LogP contribution in [0.15, 0.2) is 41.3 Å². The van der Waals surface area contributed by atoms with Gasteiger partial charge in [0, 0.05) is 42.1 Å². The summed E-state index contributed by atoms with van der Waals surface area (Å²) < 4.78 is 59.2. The number of halogens is 4. The number of anilines is 3. The molecule has 3 aliphatic rings. The number of nitrogens with zero attached hydrogens (tertiary/aromatic N) is 7. The number of amides is 1. The van der Waals surface area contributed by atoms with E-state index in [1.165, 1.54) is 17.3 Å². The van der Waals surface area contributed by atoms with Gasteiger partial charge in [0.1, 0.15) is 5.60 Å². The number of pyridine rings is 2. The summed E-state index contributed by atoms with van der Waals surface area (Å²) in [5.41, 5.74) is 0.821. The fourth-order valence-corrected chi connectivity index (χ4v) is 5.99. The van der Waals surface area contributed by atoms with Crippen LogP contribution in [-0.4, -0.2) is 79.9 Å². The van der Waals surface area contributed by atoms with Gasteiger partial charge in [0.05, 0.1) is 41.7 Å². The smallest absolute Gasteiger partial charge is 0.324 e. The number of rotatable bonds is 6. The largest absolute Gasteiger partial charge is 0.384 e. The molecule has 15 heteroatoms. The van der Waals surface area contributed by atoms with Gasteiger partial charge in [-0.2, -0.15) is 10.1 Å². The van der Waals surface area contributed by atoms with Crippen molar-refractivity contribution in [1.82, 2.24) is 24.7 Å². The molecule has 0 bridgehead atoms.